The monoisotopic (exact) mass is 315 g/mol. The average Bonchev–Trinajstić information content (AvgIpc) is 3.30. The number of nitrogens with zero attached hydrogens (tertiary/aromatic N) is 2. The van der Waals surface area contributed by atoms with Gasteiger partial charge in [0.05, 0.1) is 24.5 Å². The number of ketones is 1. The molecule has 1 aliphatic carbocycles. The van der Waals surface area contributed by atoms with Crippen molar-refractivity contribution in [2.75, 3.05) is 25.2 Å². The largest absolute Gasteiger partial charge is 0.352 e. The lowest BCUT2D eigenvalue weighted by Crippen LogP contribution is -2.43. The first-order valence-electron chi connectivity index (χ1n) is 7.96. The van der Waals surface area contributed by atoms with Crippen LogP contribution in [0.25, 0.3) is 0 Å². The number of likely N-dealkylation sites (N-methyl/N-ethyl adjacent to an activating group) is 1. The van der Waals surface area contributed by atoms with Crippen LogP contribution < -0.4 is 10.2 Å². The van der Waals surface area contributed by atoms with Gasteiger partial charge in [0.2, 0.25) is 5.91 Å². The van der Waals surface area contributed by atoms with Gasteiger partial charge in [0, 0.05) is 6.04 Å². The molecule has 122 valence electrons. The van der Waals surface area contributed by atoms with Gasteiger partial charge in [-0.15, -0.1) is 0 Å². The highest BCUT2D eigenvalue weighted by Crippen LogP contribution is 2.30. The van der Waals surface area contributed by atoms with E-state index >= 15 is 0 Å². The molecule has 1 aromatic carbocycles. The molecule has 1 heterocycles. The number of hydrogen-bond acceptors (Lipinski definition) is 4. The molecule has 0 bridgehead atoms. The van der Waals surface area contributed by atoms with Crippen molar-refractivity contribution in [1.82, 2.24) is 10.2 Å². The SMILES string of the molecule is CCc1ccc2c(c1)C(=O)C(=O)N2CN(C)CC(=O)NC1CC1. The fourth-order valence-corrected chi connectivity index (χ4v) is 2.75. The van der Waals surface area contributed by atoms with Gasteiger partial charge in [0.1, 0.15) is 0 Å². The van der Waals surface area contributed by atoms with Crippen LogP contribution in [0.2, 0.25) is 0 Å². The maximum atomic E-state index is 12.2. The highest BCUT2D eigenvalue weighted by atomic mass is 16.2. The maximum absolute atomic E-state index is 12.2. The molecule has 1 N–H and O–H groups in total. The van der Waals surface area contributed by atoms with Crippen molar-refractivity contribution in [3.8, 4) is 0 Å². The average molecular weight is 315 g/mol. The van der Waals surface area contributed by atoms with Crippen LogP contribution in [-0.2, 0) is 16.0 Å². The number of anilines is 1. The minimum atomic E-state index is -0.525. The Hall–Kier alpha value is -2.21. The molecule has 6 nitrogen and oxygen atoms in total. The van der Waals surface area contributed by atoms with Gasteiger partial charge in [-0.3, -0.25) is 24.2 Å². The van der Waals surface area contributed by atoms with Crippen LogP contribution >= 0.6 is 0 Å². The Labute approximate surface area is 135 Å². The second-order valence-electron chi connectivity index (χ2n) is 6.26. The molecule has 0 atom stereocenters. The van der Waals surface area contributed by atoms with Gasteiger partial charge < -0.3 is 5.32 Å². The van der Waals surface area contributed by atoms with Crippen LogP contribution in [0.5, 0.6) is 0 Å². The molecule has 0 radical (unpaired) electrons. The number of rotatable bonds is 6. The summed E-state index contributed by atoms with van der Waals surface area (Å²) >= 11 is 0. The molecule has 1 fully saturated rings. The van der Waals surface area contributed by atoms with E-state index in [1.165, 1.54) is 4.90 Å². The summed E-state index contributed by atoms with van der Waals surface area (Å²) < 4.78 is 0. The van der Waals surface area contributed by atoms with E-state index in [9.17, 15) is 14.4 Å². The maximum Gasteiger partial charge on any atom is 0.300 e. The third-order valence-corrected chi connectivity index (χ3v) is 4.18. The standard InChI is InChI=1S/C17H21N3O3/c1-3-11-4-7-14-13(8-11)16(22)17(23)20(14)10-19(2)9-15(21)18-12-5-6-12/h4,7-8,12H,3,5-6,9-10H2,1-2H3,(H,18,21). The summed E-state index contributed by atoms with van der Waals surface area (Å²) in [6.07, 6.45) is 2.90. The van der Waals surface area contributed by atoms with Crippen LogP contribution in [-0.4, -0.2) is 48.8 Å². The predicted molar refractivity (Wildman–Crippen MR) is 86.3 cm³/mol. The molecule has 0 saturated heterocycles. The van der Waals surface area contributed by atoms with Gasteiger partial charge in [-0.25, -0.2) is 0 Å². The van der Waals surface area contributed by atoms with E-state index in [2.05, 4.69) is 5.32 Å². The second-order valence-corrected chi connectivity index (χ2v) is 6.26. The molecule has 3 rings (SSSR count). The van der Waals surface area contributed by atoms with E-state index in [1.807, 2.05) is 19.1 Å². The summed E-state index contributed by atoms with van der Waals surface area (Å²) in [6.45, 7) is 2.44. The first kappa shape index (κ1) is 15.7. The molecule has 1 saturated carbocycles. The van der Waals surface area contributed by atoms with Crippen molar-refractivity contribution < 1.29 is 14.4 Å². The Balaban J connectivity index is 1.69. The number of benzene rings is 1. The van der Waals surface area contributed by atoms with E-state index in [-0.39, 0.29) is 19.1 Å². The second kappa shape index (κ2) is 6.12. The minimum Gasteiger partial charge on any atom is -0.352 e. The smallest absolute Gasteiger partial charge is 0.300 e. The third-order valence-electron chi connectivity index (χ3n) is 4.18. The van der Waals surface area contributed by atoms with Crippen molar-refractivity contribution in [1.29, 1.82) is 0 Å². The first-order valence-corrected chi connectivity index (χ1v) is 7.96. The fourth-order valence-electron chi connectivity index (χ4n) is 2.75. The van der Waals surface area contributed by atoms with Crippen LogP contribution in [0.3, 0.4) is 0 Å². The highest BCUT2D eigenvalue weighted by molar-refractivity contribution is 6.52. The lowest BCUT2D eigenvalue weighted by atomic mass is 10.1. The number of Topliss-reactive ketones (excluding diaryl/α,β-unsaturated/α-hetero) is 1. The molecule has 0 spiro atoms. The predicted octanol–water partition coefficient (Wildman–Crippen LogP) is 0.946. The topological polar surface area (TPSA) is 69.7 Å². The van der Waals surface area contributed by atoms with Gasteiger partial charge >= 0.3 is 5.91 Å². The zero-order valence-corrected chi connectivity index (χ0v) is 13.5. The summed E-state index contributed by atoms with van der Waals surface area (Å²) in [7, 11) is 1.77. The molecule has 0 unspecified atom stereocenters. The van der Waals surface area contributed by atoms with Crippen molar-refractivity contribution in [2.24, 2.45) is 0 Å². The van der Waals surface area contributed by atoms with Crippen molar-refractivity contribution in [3.05, 3.63) is 29.3 Å². The summed E-state index contributed by atoms with van der Waals surface area (Å²) in [5, 5.41) is 2.91. The number of carbonyl (C=O) groups excluding carboxylic acids is 3. The highest BCUT2D eigenvalue weighted by Gasteiger charge is 2.36. The Morgan fingerprint density at radius 1 is 1.35 bits per heavy atom. The molecule has 6 heteroatoms. The number of nitrogens with one attached hydrogen (secondary N) is 1. The van der Waals surface area contributed by atoms with Crippen molar-refractivity contribution >= 4 is 23.3 Å². The summed E-state index contributed by atoms with van der Waals surface area (Å²) in [4.78, 5) is 39.4. The summed E-state index contributed by atoms with van der Waals surface area (Å²) in [6, 6.07) is 5.85. The van der Waals surface area contributed by atoms with E-state index in [0.29, 0.717) is 17.3 Å². The Morgan fingerprint density at radius 2 is 2.09 bits per heavy atom. The molecule has 23 heavy (non-hydrogen) atoms. The van der Waals surface area contributed by atoms with E-state index in [4.69, 9.17) is 0 Å². The van der Waals surface area contributed by atoms with Gasteiger partial charge in [-0.2, -0.15) is 0 Å². The van der Waals surface area contributed by atoms with Gasteiger partial charge in [0.25, 0.3) is 5.78 Å². The number of fused-ring (bicyclic) bond motifs is 1. The molecular weight excluding hydrogens is 294 g/mol. The Morgan fingerprint density at radius 3 is 2.74 bits per heavy atom. The number of aryl methyl sites for hydroxylation is 1. The third kappa shape index (κ3) is 3.27. The van der Waals surface area contributed by atoms with Gasteiger partial charge in [-0.1, -0.05) is 13.0 Å². The first-order chi connectivity index (χ1) is 11.0. The molecule has 1 aromatic rings. The molecule has 2 amide bonds. The lowest BCUT2D eigenvalue weighted by Gasteiger charge is -2.24. The van der Waals surface area contributed by atoms with Crippen LogP contribution in [0, 0.1) is 0 Å². The zero-order chi connectivity index (χ0) is 16.6. The van der Waals surface area contributed by atoms with Crippen molar-refractivity contribution in [3.63, 3.8) is 0 Å². The molecule has 2 aliphatic rings. The molecule has 0 aromatic heterocycles. The van der Waals surface area contributed by atoms with E-state index in [1.54, 1.807) is 18.0 Å². The van der Waals surface area contributed by atoms with Crippen LogP contribution in [0.15, 0.2) is 18.2 Å². The summed E-state index contributed by atoms with van der Waals surface area (Å²) in [5.74, 6) is -1.04. The van der Waals surface area contributed by atoms with E-state index < -0.39 is 11.7 Å². The summed E-state index contributed by atoms with van der Waals surface area (Å²) in [5.41, 5.74) is 2.13. The van der Waals surface area contributed by atoms with Gasteiger partial charge in [0.15, 0.2) is 0 Å². The van der Waals surface area contributed by atoms with Gasteiger partial charge in [-0.05, 0) is 44.0 Å². The van der Waals surface area contributed by atoms with E-state index in [0.717, 1.165) is 24.8 Å². The minimum absolute atomic E-state index is 0.0467. The van der Waals surface area contributed by atoms with Crippen molar-refractivity contribution in [2.45, 2.75) is 32.2 Å². The van der Waals surface area contributed by atoms with Crippen LogP contribution in [0.1, 0.15) is 35.7 Å². The fraction of sp³-hybridized carbons (Fsp3) is 0.471. The van der Waals surface area contributed by atoms with Crippen LogP contribution in [0.4, 0.5) is 5.69 Å². The molecule has 1 aliphatic heterocycles. The number of hydrogen-bond donors (Lipinski definition) is 1. The molecular formula is C17H21N3O3. The number of carbonyl (C=O) groups is 3. The lowest BCUT2D eigenvalue weighted by molar-refractivity contribution is -0.122. The normalized spacial score (nSPS) is 16.9. The number of amides is 2. The Kier molecular flexibility index (Phi) is 4.17. The Bertz CT molecular complexity index is 667. The quantitative estimate of drug-likeness (QED) is 0.794. The zero-order valence-electron chi connectivity index (χ0n) is 13.5.